The van der Waals surface area contributed by atoms with E-state index in [0.717, 1.165) is 11.3 Å². The van der Waals surface area contributed by atoms with Crippen LogP contribution in [0.4, 0.5) is 10.8 Å². The van der Waals surface area contributed by atoms with Gasteiger partial charge in [-0.05, 0) is 43.2 Å². The molecule has 0 spiro atoms. The van der Waals surface area contributed by atoms with Crippen LogP contribution in [0.15, 0.2) is 36.4 Å². The molecule has 5 rings (SSSR count). The van der Waals surface area contributed by atoms with Crippen molar-refractivity contribution in [3.8, 4) is 23.0 Å². The van der Waals surface area contributed by atoms with E-state index in [-0.39, 0.29) is 18.6 Å². The second-order valence-corrected chi connectivity index (χ2v) is 8.58. The van der Waals surface area contributed by atoms with Gasteiger partial charge in [0.2, 0.25) is 12.7 Å². The van der Waals surface area contributed by atoms with Gasteiger partial charge in [-0.3, -0.25) is 14.9 Å². The van der Waals surface area contributed by atoms with Crippen LogP contribution in [-0.2, 0) is 11.2 Å². The van der Waals surface area contributed by atoms with Crippen molar-refractivity contribution in [1.82, 2.24) is 4.98 Å². The van der Waals surface area contributed by atoms with Gasteiger partial charge in [-0.25, -0.2) is 4.98 Å². The van der Waals surface area contributed by atoms with Crippen LogP contribution in [0.25, 0.3) is 0 Å². The highest BCUT2D eigenvalue weighted by molar-refractivity contribution is 7.16. The number of rotatable bonds is 6. The summed E-state index contributed by atoms with van der Waals surface area (Å²) in [5.74, 6) is 1.40. The van der Waals surface area contributed by atoms with E-state index in [2.05, 4.69) is 15.6 Å². The summed E-state index contributed by atoms with van der Waals surface area (Å²) in [6, 6.07) is 10.2. The van der Waals surface area contributed by atoms with Crippen LogP contribution in [-0.4, -0.2) is 37.8 Å². The minimum Gasteiger partial charge on any atom is -0.497 e. The van der Waals surface area contributed by atoms with E-state index in [4.69, 9.17) is 18.9 Å². The lowest BCUT2D eigenvalue weighted by Gasteiger charge is -2.14. The van der Waals surface area contributed by atoms with Crippen molar-refractivity contribution in [1.29, 1.82) is 0 Å². The van der Waals surface area contributed by atoms with Gasteiger partial charge >= 0.3 is 0 Å². The molecule has 2 aromatic carbocycles. The molecule has 1 aliphatic carbocycles. The first-order valence-corrected chi connectivity index (χ1v) is 11.1. The zero-order valence-corrected chi connectivity index (χ0v) is 18.8. The number of ether oxygens (including phenoxy) is 4. The largest absolute Gasteiger partial charge is 0.497 e. The molecule has 0 radical (unpaired) electrons. The number of methoxy groups -OCH3 is 2. The van der Waals surface area contributed by atoms with Gasteiger partial charge in [-0.1, -0.05) is 0 Å². The van der Waals surface area contributed by atoms with Gasteiger partial charge in [0.25, 0.3) is 5.91 Å². The van der Waals surface area contributed by atoms with Gasteiger partial charge in [-0.2, -0.15) is 0 Å². The zero-order chi connectivity index (χ0) is 22.9. The second-order valence-electron chi connectivity index (χ2n) is 7.50. The lowest BCUT2D eigenvalue weighted by Crippen LogP contribution is -2.20. The van der Waals surface area contributed by atoms with E-state index in [1.54, 1.807) is 50.6 Å². The highest BCUT2D eigenvalue weighted by Crippen LogP contribution is 2.40. The topological polar surface area (TPSA) is 108 Å². The highest BCUT2D eigenvalue weighted by atomic mass is 32.1. The summed E-state index contributed by atoms with van der Waals surface area (Å²) in [5.41, 5.74) is 1.66. The summed E-state index contributed by atoms with van der Waals surface area (Å²) < 4.78 is 21.2. The minimum atomic E-state index is -0.414. The van der Waals surface area contributed by atoms with Crippen LogP contribution in [0, 0.1) is 0 Å². The summed E-state index contributed by atoms with van der Waals surface area (Å²) in [6.07, 6.45) is 1.38. The van der Waals surface area contributed by atoms with Crippen LogP contribution in [0.3, 0.4) is 0 Å². The third-order valence-electron chi connectivity index (χ3n) is 5.55. The first kappa shape index (κ1) is 21.1. The number of aromatic nitrogens is 1. The van der Waals surface area contributed by atoms with Gasteiger partial charge < -0.3 is 24.3 Å². The standard InChI is InChI=1S/C23H21N3O6S/c1-29-13-4-7-16(30-2)15(10-13)24-22(28)14-5-8-19-20(14)25-23(33-19)26-21(27)12-3-6-17-18(9-12)32-11-31-17/h3-4,6-7,9-10,14H,5,8,11H2,1-2H3,(H,24,28)(H,25,26,27). The zero-order valence-electron chi connectivity index (χ0n) is 18.0. The van der Waals surface area contributed by atoms with E-state index in [1.165, 1.54) is 11.3 Å². The number of benzene rings is 2. The monoisotopic (exact) mass is 467 g/mol. The Morgan fingerprint density at radius 1 is 1.06 bits per heavy atom. The molecular weight excluding hydrogens is 446 g/mol. The molecule has 9 nitrogen and oxygen atoms in total. The Bertz CT molecular complexity index is 1240. The van der Waals surface area contributed by atoms with Crippen LogP contribution in [0.1, 0.15) is 33.3 Å². The first-order chi connectivity index (χ1) is 16.1. The van der Waals surface area contributed by atoms with Gasteiger partial charge in [-0.15, -0.1) is 11.3 Å². The Morgan fingerprint density at radius 3 is 2.73 bits per heavy atom. The molecule has 2 N–H and O–H groups in total. The maximum Gasteiger partial charge on any atom is 0.257 e. The van der Waals surface area contributed by atoms with Crippen molar-refractivity contribution in [2.45, 2.75) is 18.8 Å². The number of hydrogen-bond acceptors (Lipinski definition) is 8. The number of carbonyl (C=O) groups is 2. The third-order valence-corrected chi connectivity index (χ3v) is 6.60. The maximum atomic E-state index is 13.1. The predicted molar refractivity (Wildman–Crippen MR) is 122 cm³/mol. The number of nitrogens with zero attached hydrogens (tertiary/aromatic N) is 1. The van der Waals surface area contributed by atoms with Crippen molar-refractivity contribution in [3.05, 3.63) is 52.5 Å². The van der Waals surface area contributed by atoms with Crippen molar-refractivity contribution in [2.24, 2.45) is 0 Å². The molecule has 3 aromatic rings. The van der Waals surface area contributed by atoms with Crippen molar-refractivity contribution in [3.63, 3.8) is 0 Å². The van der Waals surface area contributed by atoms with Crippen LogP contribution < -0.4 is 29.6 Å². The maximum absolute atomic E-state index is 13.1. The van der Waals surface area contributed by atoms with Crippen LogP contribution in [0.5, 0.6) is 23.0 Å². The molecule has 0 bridgehead atoms. The quantitative estimate of drug-likeness (QED) is 0.568. The fourth-order valence-corrected chi connectivity index (χ4v) is 4.91. The molecule has 0 fully saturated rings. The Labute approximate surface area is 193 Å². The number of hydrogen-bond donors (Lipinski definition) is 2. The lowest BCUT2D eigenvalue weighted by molar-refractivity contribution is -0.117. The van der Waals surface area contributed by atoms with Crippen molar-refractivity contribution >= 4 is 34.0 Å². The Balaban J connectivity index is 1.30. The van der Waals surface area contributed by atoms with Crippen LogP contribution in [0.2, 0.25) is 0 Å². The van der Waals surface area contributed by atoms with Gasteiger partial charge in [0, 0.05) is 16.5 Å². The Morgan fingerprint density at radius 2 is 1.91 bits per heavy atom. The smallest absolute Gasteiger partial charge is 0.257 e. The molecule has 2 amide bonds. The molecule has 1 atom stereocenters. The number of nitrogens with one attached hydrogen (secondary N) is 2. The molecule has 2 heterocycles. The van der Waals surface area contributed by atoms with Gasteiger partial charge in [0.1, 0.15) is 11.5 Å². The Kier molecular flexibility index (Phi) is 5.51. The fourth-order valence-electron chi connectivity index (χ4n) is 3.87. The van der Waals surface area contributed by atoms with E-state index >= 15 is 0 Å². The summed E-state index contributed by atoms with van der Waals surface area (Å²) in [5, 5.41) is 6.21. The third kappa shape index (κ3) is 4.05. The molecular formula is C23H21N3O6S. The molecule has 1 unspecified atom stereocenters. The second kappa shape index (κ2) is 8.62. The fraction of sp³-hybridized carbons (Fsp3) is 0.261. The molecule has 0 saturated carbocycles. The molecule has 0 saturated heterocycles. The van der Waals surface area contributed by atoms with Crippen molar-refractivity contribution in [2.75, 3.05) is 31.6 Å². The number of amides is 2. The number of thiazole rings is 1. The number of carbonyl (C=O) groups excluding carboxylic acids is 2. The number of fused-ring (bicyclic) bond motifs is 2. The summed E-state index contributed by atoms with van der Waals surface area (Å²) in [7, 11) is 3.10. The molecule has 10 heteroatoms. The lowest BCUT2D eigenvalue weighted by atomic mass is 10.1. The average molecular weight is 468 g/mol. The molecule has 2 aliphatic rings. The van der Waals surface area contributed by atoms with Gasteiger partial charge in [0.15, 0.2) is 16.6 Å². The summed E-state index contributed by atoms with van der Waals surface area (Å²) in [4.78, 5) is 31.3. The molecule has 170 valence electrons. The van der Waals surface area contributed by atoms with E-state index in [1.807, 2.05) is 0 Å². The Hall–Kier alpha value is -3.79. The van der Waals surface area contributed by atoms with Crippen molar-refractivity contribution < 1.29 is 28.5 Å². The first-order valence-electron chi connectivity index (χ1n) is 10.3. The molecule has 33 heavy (non-hydrogen) atoms. The van der Waals surface area contributed by atoms with E-state index in [9.17, 15) is 9.59 Å². The summed E-state index contributed by atoms with van der Waals surface area (Å²) in [6.45, 7) is 0.144. The number of anilines is 2. The highest BCUT2D eigenvalue weighted by Gasteiger charge is 2.33. The SMILES string of the molecule is COc1ccc(OC)c(NC(=O)C2CCc3sc(NC(=O)c4ccc5c(c4)OCO5)nc32)c1. The molecule has 1 aromatic heterocycles. The van der Waals surface area contributed by atoms with Crippen LogP contribution >= 0.6 is 11.3 Å². The average Bonchev–Trinajstić information content (AvgIpc) is 3.54. The normalized spacial score (nSPS) is 15.6. The van der Waals surface area contributed by atoms with E-state index < -0.39 is 5.92 Å². The minimum absolute atomic E-state index is 0.144. The predicted octanol–water partition coefficient (Wildman–Crippen LogP) is 3.81. The number of aryl methyl sites for hydroxylation is 1. The summed E-state index contributed by atoms with van der Waals surface area (Å²) >= 11 is 1.39. The van der Waals surface area contributed by atoms with Gasteiger partial charge in [0.05, 0.1) is 31.5 Å². The molecule has 1 aliphatic heterocycles. The van der Waals surface area contributed by atoms with E-state index in [0.29, 0.717) is 51.5 Å².